The third-order valence-corrected chi connectivity index (χ3v) is 4.70. The Labute approximate surface area is 112 Å². The van der Waals surface area contributed by atoms with Gasteiger partial charge in [-0.3, -0.25) is 0 Å². The molecular weight excluding hydrogens is 242 g/mol. The van der Waals surface area contributed by atoms with E-state index >= 15 is 0 Å². The van der Waals surface area contributed by atoms with Crippen molar-refractivity contribution in [3.8, 4) is 0 Å². The maximum Gasteiger partial charge on any atom is 0.137 e. The first-order chi connectivity index (χ1) is 8.85. The topological polar surface area (TPSA) is 43.3 Å². The van der Waals surface area contributed by atoms with Gasteiger partial charge in [0.2, 0.25) is 0 Å². The van der Waals surface area contributed by atoms with Gasteiger partial charge in [-0.2, -0.15) is 11.8 Å². The number of thioether (sulfide) groups is 1. The minimum atomic E-state index is 0.582. The molecular formula is C14H19N3S. The van der Waals surface area contributed by atoms with Crippen molar-refractivity contribution in [2.75, 3.05) is 11.5 Å². The molecule has 2 N–H and O–H groups in total. The molecule has 3 nitrogen and oxygen atoms in total. The summed E-state index contributed by atoms with van der Waals surface area (Å²) in [6.07, 6.45) is 8.03. The maximum absolute atomic E-state index is 5.66. The van der Waals surface area contributed by atoms with Crippen LogP contribution in [-0.4, -0.2) is 20.9 Å². The van der Waals surface area contributed by atoms with Crippen LogP contribution in [0.2, 0.25) is 0 Å². The van der Waals surface area contributed by atoms with Crippen LogP contribution in [0.15, 0.2) is 24.5 Å². The van der Waals surface area contributed by atoms with Crippen molar-refractivity contribution >= 4 is 17.4 Å². The van der Waals surface area contributed by atoms with E-state index in [9.17, 15) is 0 Å². The first-order valence-corrected chi connectivity index (χ1v) is 7.75. The zero-order chi connectivity index (χ0) is 12.4. The Morgan fingerprint density at radius 3 is 3.00 bits per heavy atom. The Bertz CT molecular complexity index is 529. The molecule has 96 valence electrons. The van der Waals surface area contributed by atoms with Crippen LogP contribution >= 0.6 is 11.8 Å². The van der Waals surface area contributed by atoms with Gasteiger partial charge in [-0.1, -0.05) is 0 Å². The summed E-state index contributed by atoms with van der Waals surface area (Å²) in [6, 6.07) is 4.15. The fourth-order valence-corrected chi connectivity index (χ4v) is 3.75. The second kappa shape index (κ2) is 5.33. The molecule has 0 radical (unpaired) electrons. The van der Waals surface area contributed by atoms with Gasteiger partial charge in [0.25, 0.3) is 0 Å². The standard InChI is InChI=1S/C14H19N3S/c15-9-12-1-4-17-10-13(16-14(17)8-12)7-11-2-5-18-6-3-11/h1,4,8,10-11H,2-3,5-7,9,15H2. The van der Waals surface area contributed by atoms with Crippen LogP contribution in [0.3, 0.4) is 0 Å². The van der Waals surface area contributed by atoms with Crippen LogP contribution in [0.5, 0.6) is 0 Å². The Kier molecular flexibility index (Phi) is 3.57. The fraction of sp³-hybridized carbons (Fsp3) is 0.500. The number of hydrogen-bond acceptors (Lipinski definition) is 3. The van der Waals surface area contributed by atoms with Gasteiger partial charge in [0.15, 0.2) is 0 Å². The van der Waals surface area contributed by atoms with Crippen molar-refractivity contribution in [3.63, 3.8) is 0 Å². The molecule has 0 saturated carbocycles. The number of pyridine rings is 1. The highest BCUT2D eigenvalue weighted by atomic mass is 32.2. The molecule has 3 rings (SSSR count). The van der Waals surface area contributed by atoms with Gasteiger partial charge in [0.1, 0.15) is 5.65 Å². The van der Waals surface area contributed by atoms with Gasteiger partial charge in [0.05, 0.1) is 5.69 Å². The highest BCUT2D eigenvalue weighted by Crippen LogP contribution is 2.25. The molecule has 0 bridgehead atoms. The molecule has 2 aromatic heterocycles. The largest absolute Gasteiger partial charge is 0.326 e. The number of nitrogens with zero attached hydrogens (tertiary/aromatic N) is 2. The van der Waals surface area contributed by atoms with E-state index in [2.05, 4.69) is 40.7 Å². The van der Waals surface area contributed by atoms with Crippen molar-refractivity contribution in [2.45, 2.75) is 25.8 Å². The third-order valence-electron chi connectivity index (χ3n) is 3.65. The van der Waals surface area contributed by atoms with E-state index in [-0.39, 0.29) is 0 Å². The zero-order valence-electron chi connectivity index (χ0n) is 10.5. The number of nitrogens with two attached hydrogens (primary N) is 1. The summed E-state index contributed by atoms with van der Waals surface area (Å²) in [6.45, 7) is 0.582. The average Bonchev–Trinajstić information content (AvgIpc) is 2.80. The van der Waals surface area contributed by atoms with Gasteiger partial charge in [-0.25, -0.2) is 4.98 Å². The fourth-order valence-electron chi connectivity index (χ4n) is 2.55. The molecule has 0 unspecified atom stereocenters. The van der Waals surface area contributed by atoms with E-state index in [1.807, 2.05) is 0 Å². The minimum Gasteiger partial charge on any atom is -0.326 e. The van der Waals surface area contributed by atoms with Crippen LogP contribution in [0.4, 0.5) is 0 Å². The molecule has 0 amide bonds. The smallest absolute Gasteiger partial charge is 0.137 e. The third kappa shape index (κ3) is 2.54. The lowest BCUT2D eigenvalue weighted by atomic mass is 9.97. The highest BCUT2D eigenvalue weighted by Gasteiger charge is 2.15. The predicted octanol–water partition coefficient (Wildman–Crippen LogP) is 2.48. The highest BCUT2D eigenvalue weighted by molar-refractivity contribution is 7.99. The lowest BCUT2D eigenvalue weighted by molar-refractivity contribution is 0.483. The van der Waals surface area contributed by atoms with Crippen LogP contribution in [0, 0.1) is 5.92 Å². The SMILES string of the molecule is NCc1ccn2cc(CC3CCSCC3)nc2c1. The number of hydrogen-bond donors (Lipinski definition) is 1. The minimum absolute atomic E-state index is 0.582. The van der Waals surface area contributed by atoms with Gasteiger partial charge in [-0.05, 0) is 54.4 Å². The average molecular weight is 261 g/mol. The van der Waals surface area contributed by atoms with Crippen LogP contribution < -0.4 is 5.73 Å². The zero-order valence-corrected chi connectivity index (χ0v) is 11.3. The van der Waals surface area contributed by atoms with E-state index in [0.29, 0.717) is 6.54 Å². The number of fused-ring (bicyclic) bond motifs is 1. The van der Waals surface area contributed by atoms with Crippen LogP contribution in [0.25, 0.3) is 5.65 Å². The summed E-state index contributed by atoms with van der Waals surface area (Å²) in [5.41, 5.74) is 9.05. The van der Waals surface area contributed by atoms with Crippen molar-refractivity contribution in [3.05, 3.63) is 35.8 Å². The molecule has 1 saturated heterocycles. The summed E-state index contributed by atoms with van der Waals surface area (Å²) in [7, 11) is 0. The molecule has 4 heteroatoms. The van der Waals surface area contributed by atoms with Gasteiger partial charge in [0, 0.05) is 18.9 Å². The number of imidazole rings is 1. The normalized spacial score (nSPS) is 17.4. The first-order valence-electron chi connectivity index (χ1n) is 6.59. The molecule has 1 aliphatic heterocycles. The summed E-state index contributed by atoms with van der Waals surface area (Å²) >= 11 is 2.08. The molecule has 18 heavy (non-hydrogen) atoms. The molecule has 0 atom stereocenters. The molecule has 0 aromatic carbocycles. The maximum atomic E-state index is 5.66. The number of rotatable bonds is 3. The van der Waals surface area contributed by atoms with Crippen LogP contribution in [0.1, 0.15) is 24.1 Å². The number of aromatic nitrogens is 2. The Morgan fingerprint density at radius 1 is 1.39 bits per heavy atom. The lowest BCUT2D eigenvalue weighted by Gasteiger charge is -2.19. The second-order valence-corrected chi connectivity index (χ2v) is 6.22. The molecule has 1 aliphatic rings. The van der Waals surface area contributed by atoms with Gasteiger partial charge < -0.3 is 10.1 Å². The molecule has 2 aromatic rings. The Hall–Kier alpha value is -1.00. The van der Waals surface area contributed by atoms with E-state index in [0.717, 1.165) is 23.5 Å². The summed E-state index contributed by atoms with van der Waals surface area (Å²) in [4.78, 5) is 4.72. The predicted molar refractivity (Wildman–Crippen MR) is 76.8 cm³/mol. The van der Waals surface area contributed by atoms with Crippen molar-refractivity contribution < 1.29 is 0 Å². The monoisotopic (exact) mass is 261 g/mol. The van der Waals surface area contributed by atoms with E-state index in [1.54, 1.807) is 0 Å². The summed E-state index contributed by atoms with van der Waals surface area (Å²) in [5, 5.41) is 0. The summed E-state index contributed by atoms with van der Waals surface area (Å²) < 4.78 is 2.10. The lowest BCUT2D eigenvalue weighted by Crippen LogP contribution is -2.12. The van der Waals surface area contributed by atoms with E-state index in [4.69, 9.17) is 10.7 Å². The molecule has 3 heterocycles. The first kappa shape index (κ1) is 12.1. The van der Waals surface area contributed by atoms with Crippen molar-refractivity contribution in [1.82, 2.24) is 9.38 Å². The quantitative estimate of drug-likeness (QED) is 0.923. The molecule has 0 aliphatic carbocycles. The van der Waals surface area contributed by atoms with E-state index < -0.39 is 0 Å². The van der Waals surface area contributed by atoms with E-state index in [1.165, 1.54) is 30.0 Å². The molecule has 0 spiro atoms. The Morgan fingerprint density at radius 2 is 2.22 bits per heavy atom. The van der Waals surface area contributed by atoms with Crippen molar-refractivity contribution in [1.29, 1.82) is 0 Å². The van der Waals surface area contributed by atoms with Gasteiger partial charge in [-0.15, -0.1) is 0 Å². The van der Waals surface area contributed by atoms with Gasteiger partial charge >= 0.3 is 0 Å². The second-order valence-electron chi connectivity index (χ2n) is 5.00. The Balaban J connectivity index is 1.79. The molecule has 1 fully saturated rings. The van der Waals surface area contributed by atoms with Crippen molar-refractivity contribution in [2.24, 2.45) is 11.7 Å². The van der Waals surface area contributed by atoms with Crippen LogP contribution in [-0.2, 0) is 13.0 Å². The summed E-state index contributed by atoms with van der Waals surface area (Å²) in [5.74, 6) is 3.45.